The minimum Gasteiger partial charge on any atom is -0.310 e. The second-order valence-electron chi connectivity index (χ2n) is 9.65. The van der Waals surface area contributed by atoms with Gasteiger partial charge in [-0.2, -0.15) is 5.10 Å². The number of nitrogens with zero attached hydrogens (tertiary/aromatic N) is 3. The zero-order valence-electron chi connectivity index (χ0n) is 21.4. The lowest BCUT2D eigenvalue weighted by molar-refractivity contribution is 0.685. The molecule has 0 N–H and O–H groups in total. The lowest BCUT2D eigenvalue weighted by Gasteiger charge is -2.27. The second kappa shape index (κ2) is 11.2. The molecule has 1 aliphatic carbocycles. The number of anilines is 5. The van der Waals surface area contributed by atoms with Gasteiger partial charge in [0.15, 0.2) is 0 Å². The SMILES string of the molecule is C(=N\N(c1ccccc1)c1ccccc1)/c1ccc(N(c2ccccc2)c2ccc3c(c2)CCCC3)cc1. The molecule has 0 fully saturated rings. The van der Waals surface area contributed by atoms with Crippen LogP contribution in [-0.2, 0) is 12.8 Å². The van der Waals surface area contributed by atoms with Crippen LogP contribution in [0, 0.1) is 0 Å². The summed E-state index contributed by atoms with van der Waals surface area (Å²) >= 11 is 0. The average Bonchev–Trinajstić information content (AvgIpc) is 3.00. The Hall–Kier alpha value is -4.63. The fourth-order valence-electron chi connectivity index (χ4n) is 5.14. The van der Waals surface area contributed by atoms with Gasteiger partial charge >= 0.3 is 0 Å². The third kappa shape index (κ3) is 5.23. The molecule has 0 spiro atoms. The van der Waals surface area contributed by atoms with Crippen molar-refractivity contribution in [1.29, 1.82) is 0 Å². The molecule has 6 rings (SSSR count). The highest BCUT2D eigenvalue weighted by Gasteiger charge is 2.16. The van der Waals surface area contributed by atoms with Crippen LogP contribution in [0.5, 0.6) is 0 Å². The Bertz CT molecular complexity index is 1450. The van der Waals surface area contributed by atoms with Crippen LogP contribution in [0.25, 0.3) is 0 Å². The van der Waals surface area contributed by atoms with Gasteiger partial charge < -0.3 is 4.90 Å². The summed E-state index contributed by atoms with van der Waals surface area (Å²) in [5, 5.41) is 6.84. The van der Waals surface area contributed by atoms with Crippen molar-refractivity contribution in [2.24, 2.45) is 5.10 Å². The van der Waals surface area contributed by atoms with E-state index >= 15 is 0 Å². The fourth-order valence-corrected chi connectivity index (χ4v) is 5.14. The molecule has 5 aromatic carbocycles. The van der Waals surface area contributed by atoms with E-state index in [0.29, 0.717) is 0 Å². The first kappa shape index (κ1) is 23.7. The van der Waals surface area contributed by atoms with E-state index in [2.05, 4.69) is 102 Å². The molecule has 0 saturated heterocycles. The summed E-state index contributed by atoms with van der Waals surface area (Å²) in [4.78, 5) is 2.34. The molecular formula is C35H31N3. The first-order valence-electron chi connectivity index (χ1n) is 13.4. The van der Waals surface area contributed by atoms with Gasteiger partial charge in [0.2, 0.25) is 0 Å². The van der Waals surface area contributed by atoms with E-state index in [0.717, 1.165) is 28.3 Å². The lowest BCUT2D eigenvalue weighted by Crippen LogP contribution is -2.12. The minimum atomic E-state index is 1.02. The maximum atomic E-state index is 4.87. The van der Waals surface area contributed by atoms with Crippen molar-refractivity contribution in [3.8, 4) is 0 Å². The molecule has 0 atom stereocenters. The van der Waals surface area contributed by atoms with E-state index in [1.165, 1.54) is 42.5 Å². The zero-order valence-corrected chi connectivity index (χ0v) is 21.4. The summed E-state index contributed by atoms with van der Waals surface area (Å²) in [6.07, 6.45) is 6.86. The minimum absolute atomic E-state index is 1.02. The van der Waals surface area contributed by atoms with E-state index in [4.69, 9.17) is 5.10 Å². The molecule has 186 valence electrons. The normalized spacial score (nSPS) is 12.7. The molecule has 0 aliphatic heterocycles. The van der Waals surface area contributed by atoms with Gasteiger partial charge in [-0.3, -0.25) is 0 Å². The van der Waals surface area contributed by atoms with Gasteiger partial charge in [-0.05, 0) is 103 Å². The third-order valence-corrected chi connectivity index (χ3v) is 7.08. The molecular weight excluding hydrogens is 462 g/mol. The maximum Gasteiger partial charge on any atom is 0.0652 e. The molecule has 0 unspecified atom stereocenters. The van der Waals surface area contributed by atoms with Crippen molar-refractivity contribution in [2.45, 2.75) is 25.7 Å². The van der Waals surface area contributed by atoms with Crippen LogP contribution in [-0.4, -0.2) is 6.21 Å². The number of benzene rings is 5. The molecule has 3 heteroatoms. The van der Waals surface area contributed by atoms with Crippen LogP contribution in [0.1, 0.15) is 29.5 Å². The van der Waals surface area contributed by atoms with Gasteiger partial charge in [-0.25, -0.2) is 5.01 Å². The number of aryl methyl sites for hydroxylation is 2. The van der Waals surface area contributed by atoms with E-state index < -0.39 is 0 Å². The van der Waals surface area contributed by atoms with Crippen molar-refractivity contribution in [3.05, 3.63) is 150 Å². The highest BCUT2D eigenvalue weighted by Crippen LogP contribution is 2.36. The van der Waals surface area contributed by atoms with Crippen molar-refractivity contribution in [3.63, 3.8) is 0 Å². The van der Waals surface area contributed by atoms with E-state index in [9.17, 15) is 0 Å². The molecule has 38 heavy (non-hydrogen) atoms. The van der Waals surface area contributed by atoms with Crippen LogP contribution < -0.4 is 9.91 Å². The smallest absolute Gasteiger partial charge is 0.0652 e. The van der Waals surface area contributed by atoms with Gasteiger partial charge in [-0.15, -0.1) is 0 Å². The Morgan fingerprint density at radius 2 is 0.974 bits per heavy atom. The first-order chi connectivity index (χ1) is 18.8. The molecule has 0 heterocycles. The van der Waals surface area contributed by atoms with Gasteiger partial charge in [0.05, 0.1) is 17.6 Å². The molecule has 0 aromatic heterocycles. The summed E-state index contributed by atoms with van der Waals surface area (Å²) in [6.45, 7) is 0. The van der Waals surface area contributed by atoms with E-state index in [-0.39, 0.29) is 0 Å². The number of hydrogen-bond acceptors (Lipinski definition) is 3. The van der Waals surface area contributed by atoms with Crippen molar-refractivity contribution in [2.75, 3.05) is 9.91 Å². The topological polar surface area (TPSA) is 18.8 Å². The molecule has 0 saturated carbocycles. The van der Waals surface area contributed by atoms with Crippen molar-refractivity contribution < 1.29 is 0 Å². The Morgan fingerprint density at radius 3 is 1.58 bits per heavy atom. The van der Waals surface area contributed by atoms with Gasteiger partial charge in [0.1, 0.15) is 0 Å². The first-order valence-corrected chi connectivity index (χ1v) is 13.4. The second-order valence-corrected chi connectivity index (χ2v) is 9.65. The third-order valence-electron chi connectivity index (χ3n) is 7.08. The van der Waals surface area contributed by atoms with Crippen LogP contribution in [0.4, 0.5) is 28.4 Å². The van der Waals surface area contributed by atoms with Crippen LogP contribution in [0.3, 0.4) is 0 Å². The Balaban J connectivity index is 1.31. The summed E-state index contributed by atoms with van der Waals surface area (Å²) in [5.74, 6) is 0. The Labute approximate surface area is 225 Å². The van der Waals surface area contributed by atoms with Crippen LogP contribution >= 0.6 is 0 Å². The van der Waals surface area contributed by atoms with Gasteiger partial charge in [0, 0.05) is 17.1 Å². The standard InChI is InChI=1S/C35H31N3/c1-4-14-31(15-5-1)37(35-25-22-29-12-10-11-13-30(29)26-35)32-23-20-28(21-24-32)27-36-38(33-16-6-2-7-17-33)34-18-8-3-9-19-34/h1-9,14-27H,10-13H2/b36-27+. The summed E-state index contributed by atoms with van der Waals surface area (Å²) in [5.41, 5.74) is 9.57. The predicted molar refractivity (Wildman–Crippen MR) is 160 cm³/mol. The summed E-state index contributed by atoms with van der Waals surface area (Å²) in [7, 11) is 0. The van der Waals surface area contributed by atoms with Gasteiger partial charge in [-0.1, -0.05) is 72.8 Å². The number of fused-ring (bicyclic) bond motifs is 1. The van der Waals surface area contributed by atoms with Crippen molar-refractivity contribution in [1.82, 2.24) is 0 Å². The van der Waals surface area contributed by atoms with E-state index in [1.807, 2.05) is 47.6 Å². The number of hydrazone groups is 1. The Kier molecular flexibility index (Phi) is 6.99. The lowest BCUT2D eigenvalue weighted by atomic mass is 9.91. The summed E-state index contributed by atoms with van der Waals surface area (Å²) in [6, 6.07) is 46.7. The number of para-hydroxylation sites is 3. The van der Waals surface area contributed by atoms with Gasteiger partial charge in [0.25, 0.3) is 0 Å². The number of rotatable bonds is 7. The maximum absolute atomic E-state index is 4.87. The highest BCUT2D eigenvalue weighted by atomic mass is 15.5. The monoisotopic (exact) mass is 493 g/mol. The summed E-state index contributed by atoms with van der Waals surface area (Å²) < 4.78 is 0. The molecule has 0 bridgehead atoms. The molecule has 0 amide bonds. The van der Waals surface area contributed by atoms with E-state index in [1.54, 1.807) is 0 Å². The Morgan fingerprint density at radius 1 is 0.474 bits per heavy atom. The highest BCUT2D eigenvalue weighted by molar-refractivity contribution is 5.84. The van der Waals surface area contributed by atoms with Crippen molar-refractivity contribution >= 4 is 34.7 Å². The van der Waals surface area contributed by atoms with Crippen LogP contribution in [0.2, 0.25) is 0 Å². The quantitative estimate of drug-likeness (QED) is 0.166. The average molecular weight is 494 g/mol. The molecule has 1 aliphatic rings. The molecule has 0 radical (unpaired) electrons. The predicted octanol–water partition coefficient (Wildman–Crippen LogP) is 9.21. The largest absolute Gasteiger partial charge is 0.310 e. The molecule has 3 nitrogen and oxygen atoms in total. The molecule has 5 aromatic rings. The van der Waals surface area contributed by atoms with Crippen LogP contribution in [0.15, 0.2) is 139 Å². The zero-order chi connectivity index (χ0) is 25.6. The number of hydrogen-bond donors (Lipinski definition) is 0. The fraction of sp³-hybridized carbons (Fsp3) is 0.114.